The summed E-state index contributed by atoms with van der Waals surface area (Å²) in [5, 5.41) is -0.718. The number of sulfone groups is 1. The second-order valence-corrected chi connectivity index (χ2v) is 7.36. The van der Waals surface area contributed by atoms with Gasteiger partial charge in [0.2, 0.25) is 0 Å². The lowest BCUT2D eigenvalue weighted by Crippen LogP contribution is -2.32. The van der Waals surface area contributed by atoms with Gasteiger partial charge in [0, 0.05) is 0 Å². The molecule has 2 aromatic rings. The molecule has 1 fully saturated rings. The summed E-state index contributed by atoms with van der Waals surface area (Å²) in [5.41, 5.74) is 2.02. The van der Waals surface area contributed by atoms with Crippen LogP contribution in [0.3, 0.4) is 0 Å². The van der Waals surface area contributed by atoms with Gasteiger partial charge in [0.25, 0.3) is 0 Å². The zero-order chi connectivity index (χ0) is 13.6. The Kier molecular flexibility index (Phi) is 2.78. The van der Waals surface area contributed by atoms with Crippen LogP contribution in [0.15, 0.2) is 23.0 Å². The van der Waals surface area contributed by atoms with Crippen LogP contribution < -0.4 is 5.69 Å². The Morgan fingerprint density at radius 3 is 2.84 bits per heavy atom. The molecule has 1 atom stereocenters. The Bertz CT molecular complexity index is 786. The molecule has 5 nitrogen and oxygen atoms in total. The smallest absolute Gasteiger partial charge is 0.305 e. The predicted octanol–water partition coefficient (Wildman–Crippen LogP) is 1.74. The van der Waals surface area contributed by atoms with Gasteiger partial charge in [-0.15, -0.1) is 0 Å². The van der Waals surface area contributed by atoms with Crippen molar-refractivity contribution < 1.29 is 8.42 Å². The summed E-state index contributed by atoms with van der Waals surface area (Å²) in [6.45, 7) is 1.90. The number of imidazole rings is 1. The number of nitrogens with one attached hydrogen (secondary N) is 1. The Morgan fingerprint density at radius 2 is 2.11 bits per heavy atom. The van der Waals surface area contributed by atoms with E-state index < -0.39 is 15.2 Å². The molecule has 0 saturated carbocycles. The third-order valence-corrected chi connectivity index (χ3v) is 5.93. The Balaban J connectivity index is 2.28. The summed E-state index contributed by atoms with van der Waals surface area (Å²) < 4.78 is 25.8. The minimum Gasteiger partial charge on any atom is -0.305 e. The van der Waals surface area contributed by atoms with E-state index in [1.54, 1.807) is 6.07 Å². The largest absolute Gasteiger partial charge is 0.327 e. The first-order valence-electron chi connectivity index (χ1n) is 6.42. The van der Waals surface area contributed by atoms with Crippen LogP contribution in [0.25, 0.3) is 11.0 Å². The van der Waals surface area contributed by atoms with Crippen molar-refractivity contribution in [1.82, 2.24) is 9.55 Å². The van der Waals surface area contributed by atoms with E-state index in [4.69, 9.17) is 0 Å². The van der Waals surface area contributed by atoms with Crippen LogP contribution in [0.4, 0.5) is 0 Å². The first kappa shape index (κ1) is 12.5. The van der Waals surface area contributed by atoms with Crippen LogP contribution in [-0.2, 0) is 9.84 Å². The number of rotatable bonds is 1. The molecule has 0 amide bonds. The summed E-state index contributed by atoms with van der Waals surface area (Å²) in [6.07, 6.45) is 2.05. The maximum absolute atomic E-state index is 12.2. The average Bonchev–Trinajstić information content (AvgIpc) is 2.67. The number of aromatic amines is 1. The van der Waals surface area contributed by atoms with Crippen molar-refractivity contribution in [2.45, 2.75) is 31.6 Å². The predicted molar refractivity (Wildman–Crippen MR) is 74.0 cm³/mol. The number of aromatic nitrogens is 2. The second-order valence-electron chi connectivity index (χ2n) is 5.09. The molecule has 1 unspecified atom stereocenters. The zero-order valence-electron chi connectivity index (χ0n) is 10.7. The summed E-state index contributed by atoms with van der Waals surface area (Å²) in [7, 11) is -3.23. The monoisotopic (exact) mass is 280 g/mol. The maximum Gasteiger partial charge on any atom is 0.327 e. The fraction of sp³-hybridized carbons (Fsp3) is 0.462. The Labute approximate surface area is 111 Å². The van der Waals surface area contributed by atoms with E-state index in [1.807, 2.05) is 19.1 Å². The Hall–Kier alpha value is -1.56. The molecule has 3 rings (SSSR count). The van der Waals surface area contributed by atoms with E-state index in [0.717, 1.165) is 17.5 Å². The zero-order valence-corrected chi connectivity index (χ0v) is 11.5. The highest BCUT2D eigenvalue weighted by atomic mass is 32.2. The van der Waals surface area contributed by atoms with Gasteiger partial charge >= 0.3 is 5.69 Å². The molecule has 1 N–H and O–H groups in total. The first-order chi connectivity index (χ1) is 9.00. The van der Waals surface area contributed by atoms with Gasteiger partial charge in [0.1, 0.15) is 5.37 Å². The van der Waals surface area contributed by atoms with Gasteiger partial charge in [0.05, 0.1) is 16.8 Å². The normalized spacial score (nSPS) is 22.7. The van der Waals surface area contributed by atoms with Crippen LogP contribution in [0.1, 0.15) is 30.2 Å². The van der Waals surface area contributed by atoms with E-state index in [9.17, 15) is 13.2 Å². The number of aryl methyl sites for hydroxylation is 1. The van der Waals surface area contributed by atoms with E-state index in [1.165, 1.54) is 4.57 Å². The molecule has 0 bridgehead atoms. The minimum atomic E-state index is -3.23. The lowest BCUT2D eigenvalue weighted by Gasteiger charge is -2.23. The highest BCUT2D eigenvalue weighted by Crippen LogP contribution is 2.30. The molecular weight excluding hydrogens is 264 g/mol. The number of hydrogen-bond acceptors (Lipinski definition) is 3. The summed E-state index contributed by atoms with van der Waals surface area (Å²) >= 11 is 0. The molecule has 19 heavy (non-hydrogen) atoms. The molecule has 2 heterocycles. The molecule has 1 aliphatic heterocycles. The van der Waals surface area contributed by atoms with Gasteiger partial charge in [0.15, 0.2) is 9.84 Å². The first-order valence-corrected chi connectivity index (χ1v) is 8.13. The van der Waals surface area contributed by atoms with E-state index in [-0.39, 0.29) is 11.4 Å². The van der Waals surface area contributed by atoms with Crippen molar-refractivity contribution in [3.63, 3.8) is 0 Å². The lowest BCUT2D eigenvalue weighted by atomic mass is 10.2. The Morgan fingerprint density at radius 1 is 1.32 bits per heavy atom. The van der Waals surface area contributed by atoms with Gasteiger partial charge in [-0.25, -0.2) is 13.2 Å². The number of para-hydroxylation sites is 1. The minimum absolute atomic E-state index is 0.169. The molecule has 1 aliphatic rings. The van der Waals surface area contributed by atoms with Crippen molar-refractivity contribution in [1.29, 1.82) is 0 Å². The van der Waals surface area contributed by atoms with Crippen molar-refractivity contribution in [2.24, 2.45) is 0 Å². The van der Waals surface area contributed by atoms with Crippen molar-refractivity contribution >= 4 is 20.9 Å². The van der Waals surface area contributed by atoms with Crippen molar-refractivity contribution in [3.8, 4) is 0 Å². The lowest BCUT2D eigenvalue weighted by molar-refractivity contribution is 0.490. The quantitative estimate of drug-likeness (QED) is 0.864. The topological polar surface area (TPSA) is 71.9 Å². The SMILES string of the molecule is Cc1cccc2c1[nH]c(=O)n2C1CCCCS1(=O)=O. The number of nitrogens with zero attached hydrogens (tertiary/aromatic N) is 1. The number of hydrogen-bond donors (Lipinski definition) is 1. The molecule has 102 valence electrons. The molecular formula is C13H16N2O3S. The molecule has 1 saturated heterocycles. The highest BCUT2D eigenvalue weighted by Gasteiger charge is 2.32. The summed E-state index contributed by atoms with van der Waals surface area (Å²) in [5.74, 6) is 0.169. The van der Waals surface area contributed by atoms with E-state index in [0.29, 0.717) is 18.4 Å². The molecule has 0 spiro atoms. The summed E-state index contributed by atoms with van der Waals surface area (Å²) in [4.78, 5) is 14.9. The molecule has 6 heteroatoms. The van der Waals surface area contributed by atoms with Crippen LogP contribution >= 0.6 is 0 Å². The third-order valence-electron chi connectivity index (χ3n) is 3.79. The van der Waals surface area contributed by atoms with E-state index in [2.05, 4.69) is 4.98 Å². The van der Waals surface area contributed by atoms with Crippen LogP contribution in [0.2, 0.25) is 0 Å². The van der Waals surface area contributed by atoms with Crippen LogP contribution in [-0.4, -0.2) is 23.7 Å². The highest BCUT2D eigenvalue weighted by molar-refractivity contribution is 7.91. The summed E-state index contributed by atoms with van der Waals surface area (Å²) in [6, 6.07) is 5.54. The van der Waals surface area contributed by atoms with Gasteiger partial charge in [-0.3, -0.25) is 4.57 Å². The molecule has 1 aromatic carbocycles. The van der Waals surface area contributed by atoms with E-state index >= 15 is 0 Å². The standard InChI is InChI=1S/C13H16N2O3S/c1-9-5-4-6-10-12(9)14-13(16)15(10)11-7-2-3-8-19(11,17)18/h4-6,11H,2-3,7-8H2,1H3,(H,14,16). The number of benzene rings is 1. The van der Waals surface area contributed by atoms with Crippen LogP contribution in [0, 0.1) is 6.92 Å². The van der Waals surface area contributed by atoms with Crippen molar-refractivity contribution in [2.75, 3.05) is 5.75 Å². The second kappa shape index (κ2) is 4.23. The molecule has 0 radical (unpaired) electrons. The van der Waals surface area contributed by atoms with Gasteiger partial charge < -0.3 is 4.98 Å². The van der Waals surface area contributed by atoms with Gasteiger partial charge in [-0.2, -0.15) is 0 Å². The van der Waals surface area contributed by atoms with Crippen LogP contribution in [0.5, 0.6) is 0 Å². The maximum atomic E-state index is 12.2. The fourth-order valence-corrected chi connectivity index (χ4v) is 4.74. The van der Waals surface area contributed by atoms with Crippen molar-refractivity contribution in [3.05, 3.63) is 34.2 Å². The van der Waals surface area contributed by atoms with Gasteiger partial charge in [-0.1, -0.05) is 12.1 Å². The average molecular weight is 280 g/mol. The number of fused-ring (bicyclic) bond motifs is 1. The number of H-pyrrole nitrogens is 1. The molecule has 1 aromatic heterocycles. The van der Waals surface area contributed by atoms with Gasteiger partial charge in [-0.05, 0) is 37.8 Å². The molecule has 0 aliphatic carbocycles. The fourth-order valence-electron chi connectivity index (χ4n) is 2.81. The third kappa shape index (κ3) is 1.90.